The number of rotatable bonds is 4. The zero-order chi connectivity index (χ0) is 13.7. The van der Waals surface area contributed by atoms with Gasteiger partial charge in [0.05, 0.1) is 0 Å². The van der Waals surface area contributed by atoms with Crippen LogP contribution in [0.3, 0.4) is 0 Å². The van der Waals surface area contributed by atoms with Crippen LogP contribution < -0.4 is 16.6 Å². The van der Waals surface area contributed by atoms with Gasteiger partial charge in [0.1, 0.15) is 0 Å². The average molecular weight is 263 g/mol. The minimum Gasteiger partial charge on any atom is -0.348 e. The molecule has 0 aromatic carbocycles. The summed E-state index contributed by atoms with van der Waals surface area (Å²) < 4.78 is 0. The molecule has 1 heterocycles. The lowest BCUT2D eigenvalue weighted by molar-refractivity contribution is 0.0915. The molecule has 0 spiro atoms. The fourth-order valence-corrected chi connectivity index (χ4v) is 2.74. The summed E-state index contributed by atoms with van der Waals surface area (Å²) in [5.41, 5.74) is 5.90. The van der Waals surface area contributed by atoms with E-state index in [-0.39, 0.29) is 17.5 Å². The lowest BCUT2D eigenvalue weighted by Gasteiger charge is -2.30. The monoisotopic (exact) mass is 263 g/mol. The van der Waals surface area contributed by atoms with Crippen LogP contribution in [-0.4, -0.2) is 23.5 Å². The van der Waals surface area contributed by atoms with Gasteiger partial charge in [0.25, 0.3) is 5.91 Å². The van der Waals surface area contributed by atoms with E-state index < -0.39 is 0 Å². The van der Waals surface area contributed by atoms with Crippen molar-refractivity contribution in [2.75, 3.05) is 6.54 Å². The second-order valence-corrected chi connectivity index (χ2v) is 5.16. The third-order valence-corrected chi connectivity index (χ3v) is 3.83. The quantitative estimate of drug-likeness (QED) is 0.757. The van der Waals surface area contributed by atoms with Crippen molar-refractivity contribution in [1.82, 2.24) is 10.3 Å². The van der Waals surface area contributed by atoms with Gasteiger partial charge in [0.15, 0.2) is 0 Å². The summed E-state index contributed by atoms with van der Waals surface area (Å²) in [4.78, 5) is 25.8. The van der Waals surface area contributed by atoms with Crippen LogP contribution in [0, 0.1) is 5.92 Å². The van der Waals surface area contributed by atoms with Crippen LogP contribution >= 0.6 is 0 Å². The fraction of sp³-hybridized carbons (Fsp3) is 0.571. The Morgan fingerprint density at radius 2 is 2.16 bits per heavy atom. The van der Waals surface area contributed by atoms with Crippen molar-refractivity contribution >= 4 is 5.91 Å². The summed E-state index contributed by atoms with van der Waals surface area (Å²) in [6.07, 6.45) is 7.42. The SMILES string of the molecule is NCC(NC(=O)c1cc[nH]c(=O)c1)C1CCCCC1. The molecule has 1 aromatic heterocycles. The van der Waals surface area contributed by atoms with Crippen LogP contribution in [0.5, 0.6) is 0 Å². The number of amides is 1. The van der Waals surface area contributed by atoms with E-state index in [9.17, 15) is 9.59 Å². The minimum atomic E-state index is -0.269. The fourth-order valence-electron chi connectivity index (χ4n) is 2.74. The third-order valence-electron chi connectivity index (χ3n) is 3.83. The molecular formula is C14H21N3O2. The normalized spacial score (nSPS) is 17.9. The molecule has 0 saturated heterocycles. The van der Waals surface area contributed by atoms with Crippen LogP contribution in [0.2, 0.25) is 0 Å². The first-order valence-corrected chi connectivity index (χ1v) is 6.90. The molecule has 4 N–H and O–H groups in total. The van der Waals surface area contributed by atoms with E-state index in [4.69, 9.17) is 5.73 Å². The Kier molecular flexibility index (Phi) is 4.74. The van der Waals surface area contributed by atoms with Gasteiger partial charge in [0, 0.05) is 30.4 Å². The molecule has 0 bridgehead atoms. The van der Waals surface area contributed by atoms with E-state index in [1.807, 2.05) is 0 Å². The lowest BCUT2D eigenvalue weighted by Crippen LogP contribution is -2.46. The highest BCUT2D eigenvalue weighted by Gasteiger charge is 2.24. The van der Waals surface area contributed by atoms with Gasteiger partial charge in [-0.15, -0.1) is 0 Å². The number of pyridine rings is 1. The topological polar surface area (TPSA) is 88.0 Å². The third kappa shape index (κ3) is 3.67. The predicted octanol–water partition coefficient (Wildman–Crippen LogP) is 1.01. The van der Waals surface area contributed by atoms with Crippen molar-refractivity contribution in [1.29, 1.82) is 0 Å². The van der Waals surface area contributed by atoms with Gasteiger partial charge < -0.3 is 16.0 Å². The lowest BCUT2D eigenvalue weighted by atomic mass is 9.84. The van der Waals surface area contributed by atoms with Gasteiger partial charge in [0.2, 0.25) is 5.56 Å². The van der Waals surface area contributed by atoms with Gasteiger partial charge in [-0.1, -0.05) is 19.3 Å². The van der Waals surface area contributed by atoms with E-state index in [1.54, 1.807) is 6.07 Å². The summed E-state index contributed by atoms with van der Waals surface area (Å²) in [5, 5.41) is 2.96. The zero-order valence-corrected chi connectivity index (χ0v) is 11.0. The Bertz CT molecular complexity index is 478. The summed E-state index contributed by atoms with van der Waals surface area (Å²) in [6.45, 7) is 0.444. The van der Waals surface area contributed by atoms with Crippen LogP contribution in [0.15, 0.2) is 23.1 Å². The highest BCUT2D eigenvalue weighted by Crippen LogP contribution is 2.26. The van der Waals surface area contributed by atoms with E-state index in [2.05, 4.69) is 10.3 Å². The van der Waals surface area contributed by atoms with E-state index in [0.717, 1.165) is 12.8 Å². The molecule has 1 aliphatic carbocycles. The standard InChI is InChI=1S/C14H21N3O2/c15-9-12(10-4-2-1-3-5-10)17-14(19)11-6-7-16-13(18)8-11/h6-8,10,12H,1-5,9,15H2,(H,16,18)(H,17,19). The Hall–Kier alpha value is -1.62. The highest BCUT2D eigenvalue weighted by atomic mass is 16.2. The molecular weight excluding hydrogens is 242 g/mol. The van der Waals surface area contributed by atoms with E-state index in [0.29, 0.717) is 18.0 Å². The summed E-state index contributed by atoms with van der Waals surface area (Å²) in [6, 6.07) is 2.92. The van der Waals surface area contributed by atoms with Crippen molar-refractivity contribution in [3.8, 4) is 0 Å². The molecule has 19 heavy (non-hydrogen) atoms. The van der Waals surface area contributed by atoms with Crippen molar-refractivity contribution in [2.24, 2.45) is 11.7 Å². The second kappa shape index (κ2) is 6.52. The number of nitrogens with one attached hydrogen (secondary N) is 2. The molecule has 0 aliphatic heterocycles. The maximum atomic E-state index is 12.1. The molecule has 1 fully saturated rings. The molecule has 1 atom stereocenters. The zero-order valence-electron chi connectivity index (χ0n) is 11.0. The van der Waals surface area contributed by atoms with Crippen molar-refractivity contribution in [2.45, 2.75) is 38.1 Å². The van der Waals surface area contributed by atoms with Gasteiger partial charge in [-0.3, -0.25) is 9.59 Å². The summed E-state index contributed by atoms with van der Waals surface area (Å²) in [5.74, 6) is 0.247. The number of hydrogen-bond acceptors (Lipinski definition) is 3. The van der Waals surface area contributed by atoms with Gasteiger partial charge >= 0.3 is 0 Å². The van der Waals surface area contributed by atoms with Crippen molar-refractivity contribution in [3.63, 3.8) is 0 Å². The maximum absolute atomic E-state index is 12.1. The molecule has 1 aliphatic rings. The number of nitrogens with two attached hydrogens (primary N) is 1. The predicted molar refractivity (Wildman–Crippen MR) is 73.9 cm³/mol. The van der Waals surface area contributed by atoms with Crippen LogP contribution in [-0.2, 0) is 0 Å². The first-order valence-electron chi connectivity index (χ1n) is 6.90. The molecule has 1 aromatic rings. The first-order chi connectivity index (χ1) is 9.20. The second-order valence-electron chi connectivity index (χ2n) is 5.16. The van der Waals surface area contributed by atoms with Gasteiger partial charge in [-0.2, -0.15) is 0 Å². The Morgan fingerprint density at radius 3 is 2.79 bits per heavy atom. The Morgan fingerprint density at radius 1 is 1.42 bits per heavy atom. The van der Waals surface area contributed by atoms with Crippen molar-refractivity contribution < 1.29 is 4.79 Å². The molecule has 0 radical (unpaired) electrons. The molecule has 5 heteroatoms. The highest BCUT2D eigenvalue weighted by molar-refractivity contribution is 5.94. The number of carbonyl (C=O) groups excluding carboxylic acids is 1. The van der Waals surface area contributed by atoms with Crippen LogP contribution in [0.1, 0.15) is 42.5 Å². The molecule has 5 nitrogen and oxygen atoms in total. The largest absolute Gasteiger partial charge is 0.348 e. The molecule has 1 unspecified atom stereocenters. The maximum Gasteiger partial charge on any atom is 0.251 e. The number of carbonyl (C=O) groups is 1. The minimum absolute atomic E-state index is 0.00656. The van der Waals surface area contributed by atoms with Crippen LogP contribution in [0.4, 0.5) is 0 Å². The van der Waals surface area contributed by atoms with E-state index >= 15 is 0 Å². The molecule has 1 amide bonds. The molecule has 1 saturated carbocycles. The van der Waals surface area contributed by atoms with E-state index in [1.165, 1.54) is 31.5 Å². The summed E-state index contributed by atoms with van der Waals surface area (Å²) in [7, 11) is 0. The molecule has 2 rings (SSSR count). The molecule has 104 valence electrons. The smallest absolute Gasteiger partial charge is 0.251 e. The first kappa shape index (κ1) is 13.8. The van der Waals surface area contributed by atoms with Crippen LogP contribution in [0.25, 0.3) is 0 Å². The number of hydrogen-bond donors (Lipinski definition) is 3. The number of aromatic amines is 1. The number of aromatic nitrogens is 1. The van der Waals surface area contributed by atoms with Crippen molar-refractivity contribution in [3.05, 3.63) is 34.2 Å². The number of H-pyrrole nitrogens is 1. The average Bonchev–Trinajstić information content (AvgIpc) is 2.45. The van der Waals surface area contributed by atoms with Gasteiger partial charge in [-0.05, 0) is 24.8 Å². The Balaban J connectivity index is 2.01. The van der Waals surface area contributed by atoms with Gasteiger partial charge in [-0.25, -0.2) is 0 Å². The summed E-state index contributed by atoms with van der Waals surface area (Å²) >= 11 is 0. The Labute approximate surface area is 112 Å².